The molecule has 0 spiro atoms. The Kier molecular flexibility index (Phi) is 4.20. The number of benzene rings is 2. The number of esters is 1. The lowest BCUT2D eigenvalue weighted by atomic mass is 10.1. The molecule has 1 heterocycles. The molecule has 3 aromatic rings. The number of carbonyl (C=O) groups is 1. The van der Waals surface area contributed by atoms with Crippen molar-refractivity contribution < 1.29 is 24.2 Å². The molecule has 0 saturated heterocycles. The molecular weight excluding hydrogens is 310 g/mol. The number of rotatable bonds is 4. The minimum absolute atomic E-state index is 0.123. The van der Waals surface area contributed by atoms with Gasteiger partial charge in [0.15, 0.2) is 17.1 Å². The second-order valence-corrected chi connectivity index (χ2v) is 5.01. The molecule has 122 valence electrons. The molecule has 3 rings (SSSR count). The van der Waals surface area contributed by atoms with E-state index >= 15 is 0 Å². The highest BCUT2D eigenvalue weighted by molar-refractivity contribution is 6.20. The average molecular weight is 325 g/mol. The Labute approximate surface area is 137 Å². The highest BCUT2D eigenvalue weighted by Crippen LogP contribution is 2.28. The van der Waals surface area contributed by atoms with Crippen LogP contribution in [-0.2, 0) is 9.53 Å². The minimum Gasteiger partial charge on any atom is -0.504 e. The molecule has 0 aliphatic carbocycles. The topological polar surface area (TPSA) is 92.8 Å². The number of phenols is 2. The summed E-state index contributed by atoms with van der Waals surface area (Å²) in [5.74, 6) is -0.991. The Morgan fingerprint density at radius 2 is 2.00 bits per heavy atom. The number of aromatic hydroxyl groups is 2. The van der Waals surface area contributed by atoms with E-state index in [0.717, 1.165) is 0 Å². The second-order valence-electron chi connectivity index (χ2n) is 5.01. The van der Waals surface area contributed by atoms with Gasteiger partial charge in [0.2, 0.25) is 5.89 Å². The van der Waals surface area contributed by atoms with E-state index in [-0.39, 0.29) is 29.6 Å². The van der Waals surface area contributed by atoms with Gasteiger partial charge in [-0.05, 0) is 42.8 Å². The average Bonchev–Trinajstić information content (AvgIpc) is 2.99. The normalized spacial score (nSPS) is 11.6. The van der Waals surface area contributed by atoms with E-state index in [1.54, 1.807) is 25.1 Å². The van der Waals surface area contributed by atoms with Gasteiger partial charge in [-0.3, -0.25) is 0 Å². The van der Waals surface area contributed by atoms with Gasteiger partial charge in [-0.1, -0.05) is 18.2 Å². The Hall–Kier alpha value is -3.28. The third-order valence-electron chi connectivity index (χ3n) is 3.33. The first-order valence-electron chi connectivity index (χ1n) is 7.35. The highest BCUT2D eigenvalue weighted by atomic mass is 16.5. The van der Waals surface area contributed by atoms with Crippen LogP contribution in [0.25, 0.3) is 22.7 Å². The van der Waals surface area contributed by atoms with E-state index in [0.29, 0.717) is 16.7 Å². The molecule has 0 radical (unpaired) electrons. The van der Waals surface area contributed by atoms with Crippen LogP contribution in [0.2, 0.25) is 0 Å². The zero-order valence-electron chi connectivity index (χ0n) is 12.9. The molecule has 0 amide bonds. The van der Waals surface area contributed by atoms with Crippen LogP contribution in [-0.4, -0.2) is 27.8 Å². The maximum atomic E-state index is 12.3. The number of hydrogen-bond donors (Lipinski definition) is 2. The number of phenolic OH excluding ortho intramolecular Hbond substituents is 2. The van der Waals surface area contributed by atoms with Gasteiger partial charge in [-0.15, -0.1) is 0 Å². The quantitative estimate of drug-likeness (QED) is 0.434. The molecule has 0 saturated carbocycles. The number of aromatic nitrogens is 1. The summed E-state index contributed by atoms with van der Waals surface area (Å²) in [6.07, 6.45) is 1.49. The third kappa shape index (κ3) is 3.08. The molecule has 0 fully saturated rings. The number of hydrogen-bond acceptors (Lipinski definition) is 6. The van der Waals surface area contributed by atoms with Crippen LogP contribution >= 0.6 is 0 Å². The Morgan fingerprint density at radius 3 is 2.71 bits per heavy atom. The summed E-state index contributed by atoms with van der Waals surface area (Å²) in [6.45, 7) is 1.91. The summed E-state index contributed by atoms with van der Waals surface area (Å²) in [5, 5.41) is 19.0. The van der Waals surface area contributed by atoms with Crippen LogP contribution in [0.5, 0.6) is 11.5 Å². The van der Waals surface area contributed by atoms with Crippen molar-refractivity contribution in [3.8, 4) is 11.5 Å². The van der Waals surface area contributed by atoms with Crippen molar-refractivity contribution in [3.05, 3.63) is 53.9 Å². The van der Waals surface area contributed by atoms with Gasteiger partial charge >= 0.3 is 5.97 Å². The predicted octanol–water partition coefficient (Wildman–Crippen LogP) is 3.34. The number of carbonyl (C=O) groups excluding carboxylic acids is 1. The van der Waals surface area contributed by atoms with Crippen molar-refractivity contribution in [1.29, 1.82) is 0 Å². The molecule has 6 heteroatoms. The van der Waals surface area contributed by atoms with Crippen molar-refractivity contribution in [2.75, 3.05) is 6.61 Å². The van der Waals surface area contributed by atoms with Crippen LogP contribution in [0.1, 0.15) is 18.4 Å². The lowest BCUT2D eigenvalue weighted by Gasteiger charge is -2.04. The van der Waals surface area contributed by atoms with Gasteiger partial charge in [-0.2, -0.15) is 0 Å². The van der Waals surface area contributed by atoms with Gasteiger partial charge in [-0.25, -0.2) is 9.78 Å². The van der Waals surface area contributed by atoms with Gasteiger partial charge in [0.25, 0.3) is 0 Å². The smallest absolute Gasteiger partial charge is 0.343 e. The predicted molar refractivity (Wildman–Crippen MR) is 88.3 cm³/mol. The second kappa shape index (κ2) is 6.45. The standard InChI is InChI=1S/C18H15NO5/c1-2-23-18(22)12(9-11-7-8-14(20)15(21)10-11)17-19-13-5-3-4-6-16(13)24-17/h3-10,20-21H,2H2,1H3. The largest absolute Gasteiger partial charge is 0.504 e. The number of nitrogens with zero attached hydrogens (tertiary/aromatic N) is 1. The molecule has 2 N–H and O–H groups in total. The summed E-state index contributed by atoms with van der Waals surface area (Å²) in [6, 6.07) is 11.4. The van der Waals surface area contributed by atoms with E-state index in [9.17, 15) is 15.0 Å². The third-order valence-corrected chi connectivity index (χ3v) is 3.33. The molecule has 0 atom stereocenters. The number of para-hydroxylation sites is 2. The molecule has 24 heavy (non-hydrogen) atoms. The molecule has 0 aliphatic rings. The highest BCUT2D eigenvalue weighted by Gasteiger charge is 2.20. The summed E-state index contributed by atoms with van der Waals surface area (Å²) in [4.78, 5) is 16.6. The van der Waals surface area contributed by atoms with E-state index in [1.807, 2.05) is 12.1 Å². The summed E-state index contributed by atoms with van der Waals surface area (Å²) < 4.78 is 10.7. The Morgan fingerprint density at radius 1 is 1.21 bits per heavy atom. The lowest BCUT2D eigenvalue weighted by Crippen LogP contribution is -2.07. The van der Waals surface area contributed by atoms with Gasteiger partial charge in [0.1, 0.15) is 11.1 Å². The van der Waals surface area contributed by atoms with Crippen molar-refractivity contribution in [3.63, 3.8) is 0 Å². The molecular formula is C18H15NO5. The van der Waals surface area contributed by atoms with E-state index < -0.39 is 5.97 Å². The fourth-order valence-corrected chi connectivity index (χ4v) is 2.20. The summed E-state index contributed by atoms with van der Waals surface area (Å²) >= 11 is 0. The van der Waals surface area contributed by atoms with Crippen LogP contribution in [0.4, 0.5) is 0 Å². The number of ether oxygens (including phenoxy) is 1. The first kappa shape index (κ1) is 15.6. The minimum atomic E-state index is -0.586. The summed E-state index contributed by atoms with van der Waals surface area (Å²) in [7, 11) is 0. The molecule has 0 bridgehead atoms. The lowest BCUT2D eigenvalue weighted by molar-refractivity contribution is -0.136. The zero-order valence-corrected chi connectivity index (χ0v) is 12.9. The first-order chi connectivity index (χ1) is 11.6. The van der Waals surface area contributed by atoms with Crippen molar-refractivity contribution in [2.45, 2.75) is 6.92 Å². The fraction of sp³-hybridized carbons (Fsp3) is 0.111. The Bertz CT molecular complexity index is 893. The zero-order chi connectivity index (χ0) is 17.1. The number of oxazole rings is 1. The fourth-order valence-electron chi connectivity index (χ4n) is 2.20. The van der Waals surface area contributed by atoms with Crippen molar-refractivity contribution in [1.82, 2.24) is 4.98 Å². The maximum absolute atomic E-state index is 12.3. The molecule has 1 aromatic heterocycles. The monoisotopic (exact) mass is 325 g/mol. The Balaban J connectivity index is 2.10. The molecule has 6 nitrogen and oxygen atoms in total. The van der Waals surface area contributed by atoms with Gasteiger partial charge in [0.05, 0.1) is 6.61 Å². The van der Waals surface area contributed by atoms with Gasteiger partial charge in [0, 0.05) is 0 Å². The molecule has 0 unspecified atom stereocenters. The van der Waals surface area contributed by atoms with Crippen LogP contribution < -0.4 is 0 Å². The molecule has 0 aliphatic heterocycles. The van der Waals surface area contributed by atoms with Crippen LogP contribution in [0, 0.1) is 0 Å². The van der Waals surface area contributed by atoms with E-state index in [1.165, 1.54) is 18.2 Å². The number of fused-ring (bicyclic) bond motifs is 1. The van der Waals surface area contributed by atoms with E-state index in [2.05, 4.69) is 4.98 Å². The van der Waals surface area contributed by atoms with Crippen LogP contribution in [0.15, 0.2) is 46.9 Å². The SMILES string of the molecule is CCOC(=O)C(=Cc1ccc(O)c(O)c1)c1nc2ccccc2o1. The van der Waals surface area contributed by atoms with E-state index in [4.69, 9.17) is 9.15 Å². The van der Waals surface area contributed by atoms with Crippen molar-refractivity contribution >= 4 is 28.7 Å². The van der Waals surface area contributed by atoms with Crippen LogP contribution in [0.3, 0.4) is 0 Å². The van der Waals surface area contributed by atoms with Crippen molar-refractivity contribution in [2.24, 2.45) is 0 Å². The first-order valence-corrected chi connectivity index (χ1v) is 7.35. The summed E-state index contributed by atoms with van der Waals surface area (Å²) in [5.41, 5.74) is 1.79. The molecule has 2 aromatic carbocycles. The maximum Gasteiger partial charge on any atom is 0.343 e. The van der Waals surface area contributed by atoms with Gasteiger partial charge < -0.3 is 19.4 Å².